The molecule has 4 nitrogen and oxygen atoms in total. The predicted molar refractivity (Wildman–Crippen MR) is 65.8 cm³/mol. The van der Waals surface area contributed by atoms with E-state index in [0.717, 1.165) is 24.0 Å². The van der Waals surface area contributed by atoms with Crippen molar-refractivity contribution in [2.24, 2.45) is 5.73 Å². The van der Waals surface area contributed by atoms with Gasteiger partial charge in [-0.3, -0.25) is 4.68 Å². The van der Waals surface area contributed by atoms with E-state index in [-0.39, 0.29) is 6.04 Å². The third-order valence-corrected chi connectivity index (χ3v) is 2.83. The lowest BCUT2D eigenvalue weighted by molar-refractivity contribution is 0.368. The average Bonchev–Trinajstić information content (AvgIpc) is 2.44. The van der Waals surface area contributed by atoms with Gasteiger partial charge in [-0.05, 0) is 36.9 Å². The molecule has 86 valence electrons. The van der Waals surface area contributed by atoms with Crippen LogP contribution in [0, 0.1) is 0 Å². The zero-order valence-corrected chi connectivity index (χ0v) is 11.2. The first-order valence-electron chi connectivity index (χ1n) is 5.11. The highest BCUT2D eigenvalue weighted by atomic mass is 79.9. The predicted octanol–water partition coefficient (Wildman–Crippen LogP) is 1.10. The summed E-state index contributed by atoms with van der Waals surface area (Å²) < 4.78 is 3.08. The van der Waals surface area contributed by atoms with Crippen molar-refractivity contribution < 1.29 is 0 Å². The lowest BCUT2D eigenvalue weighted by Gasteiger charge is -2.13. The van der Waals surface area contributed by atoms with Crippen molar-refractivity contribution in [1.29, 1.82) is 0 Å². The summed E-state index contributed by atoms with van der Waals surface area (Å²) in [5, 5.41) is 4.33. The third-order valence-electron chi connectivity index (χ3n) is 2.17. The fourth-order valence-corrected chi connectivity index (χ4v) is 1.84. The molecule has 0 saturated heterocycles. The number of hydrogen-bond acceptors (Lipinski definition) is 3. The normalized spacial score (nSPS) is 13.5. The van der Waals surface area contributed by atoms with E-state index in [1.54, 1.807) is 0 Å². The highest BCUT2D eigenvalue weighted by molar-refractivity contribution is 9.10. The molecule has 0 spiro atoms. The molecule has 0 saturated carbocycles. The fourth-order valence-electron chi connectivity index (χ4n) is 1.38. The summed E-state index contributed by atoms with van der Waals surface area (Å²) in [5.41, 5.74) is 6.99. The van der Waals surface area contributed by atoms with Crippen LogP contribution < -0.4 is 5.73 Å². The van der Waals surface area contributed by atoms with Crippen molar-refractivity contribution in [1.82, 2.24) is 14.7 Å². The number of aromatic nitrogens is 2. The fraction of sp³-hybridized carbons (Fsp3) is 0.700. The maximum absolute atomic E-state index is 5.80. The molecule has 1 rings (SSSR count). The summed E-state index contributed by atoms with van der Waals surface area (Å²) >= 11 is 3.50. The van der Waals surface area contributed by atoms with Crippen LogP contribution in [0.1, 0.15) is 12.6 Å². The Morgan fingerprint density at radius 3 is 2.80 bits per heavy atom. The molecule has 15 heavy (non-hydrogen) atoms. The summed E-state index contributed by atoms with van der Waals surface area (Å²) in [6, 6.07) is 0.163. The number of likely N-dealkylation sites (N-methyl/N-ethyl adjacent to an activating group) is 1. The lowest BCUT2D eigenvalue weighted by Crippen LogP contribution is -2.24. The largest absolute Gasteiger partial charge is 0.328 e. The van der Waals surface area contributed by atoms with Crippen LogP contribution in [-0.4, -0.2) is 41.4 Å². The molecule has 0 radical (unpaired) electrons. The van der Waals surface area contributed by atoms with Crippen molar-refractivity contribution in [3.05, 3.63) is 16.4 Å². The Kier molecular flexibility index (Phi) is 4.76. The number of hydrogen-bond donors (Lipinski definition) is 1. The quantitative estimate of drug-likeness (QED) is 0.875. The van der Waals surface area contributed by atoms with E-state index in [1.807, 2.05) is 17.8 Å². The molecular formula is C10H19BrN4. The van der Waals surface area contributed by atoms with Crippen LogP contribution in [0.5, 0.6) is 0 Å². The third kappa shape index (κ3) is 3.93. The molecule has 1 aromatic heterocycles. The van der Waals surface area contributed by atoms with Gasteiger partial charge < -0.3 is 10.6 Å². The Morgan fingerprint density at radius 1 is 1.60 bits per heavy atom. The molecule has 0 aliphatic rings. The molecule has 2 N–H and O–H groups in total. The first kappa shape index (κ1) is 12.7. The molecule has 1 unspecified atom stereocenters. The minimum atomic E-state index is 0.163. The topological polar surface area (TPSA) is 47.1 Å². The van der Waals surface area contributed by atoms with Gasteiger partial charge in [0.05, 0.1) is 22.9 Å². The maximum Gasteiger partial charge on any atom is 0.0635 e. The molecule has 0 bridgehead atoms. The van der Waals surface area contributed by atoms with Crippen LogP contribution in [0.3, 0.4) is 0 Å². The zero-order valence-electron chi connectivity index (χ0n) is 9.57. The monoisotopic (exact) mass is 274 g/mol. The molecule has 0 amide bonds. The van der Waals surface area contributed by atoms with E-state index in [9.17, 15) is 0 Å². The van der Waals surface area contributed by atoms with Crippen LogP contribution >= 0.6 is 15.9 Å². The van der Waals surface area contributed by atoms with Gasteiger partial charge in [-0.2, -0.15) is 5.10 Å². The first-order valence-corrected chi connectivity index (χ1v) is 5.90. The SMILES string of the molecule is CC(N)Cc1c(Br)cnn1CCN(C)C. The Bertz CT molecular complexity index is 306. The van der Waals surface area contributed by atoms with Gasteiger partial charge in [-0.1, -0.05) is 0 Å². The summed E-state index contributed by atoms with van der Waals surface area (Å²) in [6.07, 6.45) is 2.70. The second-order valence-electron chi connectivity index (χ2n) is 4.15. The highest BCUT2D eigenvalue weighted by Crippen LogP contribution is 2.17. The van der Waals surface area contributed by atoms with Crippen LogP contribution in [0.25, 0.3) is 0 Å². The van der Waals surface area contributed by atoms with Gasteiger partial charge in [-0.15, -0.1) is 0 Å². The van der Waals surface area contributed by atoms with Crippen LogP contribution in [0.2, 0.25) is 0 Å². The minimum absolute atomic E-state index is 0.163. The van der Waals surface area contributed by atoms with Gasteiger partial charge >= 0.3 is 0 Å². The summed E-state index contributed by atoms with van der Waals surface area (Å²) in [4.78, 5) is 2.14. The molecule has 1 heterocycles. The number of halogens is 1. The Labute approximate surface area is 99.6 Å². The van der Waals surface area contributed by atoms with Crippen molar-refractivity contribution in [2.45, 2.75) is 25.9 Å². The molecule has 1 atom stereocenters. The van der Waals surface area contributed by atoms with Gasteiger partial charge in [0.2, 0.25) is 0 Å². The Balaban J connectivity index is 2.70. The average molecular weight is 275 g/mol. The molecule has 0 fully saturated rings. The second kappa shape index (κ2) is 5.63. The van der Waals surface area contributed by atoms with Crippen molar-refractivity contribution in [3.63, 3.8) is 0 Å². The van der Waals surface area contributed by atoms with Crippen molar-refractivity contribution in [2.75, 3.05) is 20.6 Å². The number of nitrogens with two attached hydrogens (primary N) is 1. The highest BCUT2D eigenvalue weighted by Gasteiger charge is 2.10. The zero-order chi connectivity index (χ0) is 11.4. The van der Waals surface area contributed by atoms with E-state index in [1.165, 1.54) is 5.69 Å². The lowest BCUT2D eigenvalue weighted by atomic mass is 10.2. The van der Waals surface area contributed by atoms with E-state index in [2.05, 4.69) is 40.0 Å². The Hall–Kier alpha value is -0.390. The standard InChI is InChI=1S/C10H19BrN4/c1-8(12)6-10-9(11)7-13-15(10)5-4-14(2)3/h7-8H,4-6,12H2,1-3H3. The van der Waals surface area contributed by atoms with Crippen molar-refractivity contribution in [3.8, 4) is 0 Å². The molecule has 1 aromatic rings. The van der Waals surface area contributed by atoms with Gasteiger partial charge in [-0.25, -0.2) is 0 Å². The van der Waals surface area contributed by atoms with Gasteiger partial charge in [0.25, 0.3) is 0 Å². The maximum atomic E-state index is 5.80. The van der Waals surface area contributed by atoms with E-state index in [4.69, 9.17) is 5.73 Å². The molecule has 0 aromatic carbocycles. The van der Waals surface area contributed by atoms with Gasteiger partial charge in [0, 0.05) is 19.0 Å². The molecule has 0 aliphatic heterocycles. The second-order valence-corrected chi connectivity index (χ2v) is 5.00. The van der Waals surface area contributed by atoms with Gasteiger partial charge in [0.15, 0.2) is 0 Å². The number of rotatable bonds is 5. The van der Waals surface area contributed by atoms with Crippen LogP contribution in [-0.2, 0) is 13.0 Å². The summed E-state index contributed by atoms with van der Waals surface area (Å²) in [6.45, 7) is 3.90. The molecule has 0 aliphatic carbocycles. The number of nitrogens with zero attached hydrogens (tertiary/aromatic N) is 3. The van der Waals surface area contributed by atoms with Crippen LogP contribution in [0.15, 0.2) is 10.7 Å². The van der Waals surface area contributed by atoms with Crippen LogP contribution in [0.4, 0.5) is 0 Å². The Morgan fingerprint density at radius 2 is 2.27 bits per heavy atom. The van der Waals surface area contributed by atoms with Crippen molar-refractivity contribution >= 4 is 15.9 Å². The summed E-state index contributed by atoms with van der Waals surface area (Å²) in [7, 11) is 4.12. The van der Waals surface area contributed by atoms with E-state index >= 15 is 0 Å². The van der Waals surface area contributed by atoms with E-state index in [0.29, 0.717) is 0 Å². The minimum Gasteiger partial charge on any atom is -0.328 e. The first-order chi connectivity index (χ1) is 7.00. The molecule has 5 heteroatoms. The van der Waals surface area contributed by atoms with E-state index < -0.39 is 0 Å². The van der Waals surface area contributed by atoms with Gasteiger partial charge in [0.1, 0.15) is 0 Å². The molecular weight excluding hydrogens is 256 g/mol. The smallest absolute Gasteiger partial charge is 0.0635 e. The summed E-state index contributed by atoms with van der Waals surface area (Å²) in [5.74, 6) is 0.